The van der Waals surface area contributed by atoms with E-state index >= 15 is 4.39 Å². The Labute approximate surface area is 284 Å². The number of ether oxygens (including phenoxy) is 3. The van der Waals surface area contributed by atoms with Crippen LogP contribution in [0.2, 0.25) is 0 Å². The molecule has 4 heterocycles. The molecule has 2 saturated heterocycles. The number of piperazine rings is 1. The molecule has 0 bridgehead atoms. The number of methoxy groups -OCH3 is 1. The number of carbonyl (C=O) groups excluding carboxylic acids is 2. The number of amides is 2. The van der Waals surface area contributed by atoms with Crippen molar-refractivity contribution in [2.24, 2.45) is 0 Å². The highest BCUT2D eigenvalue weighted by atomic mass is 32.2. The third-order valence-corrected chi connectivity index (χ3v) is 11.0. The number of anilines is 1. The molecule has 3 aromatic rings. The van der Waals surface area contributed by atoms with Crippen molar-refractivity contribution in [1.82, 2.24) is 19.7 Å². The van der Waals surface area contributed by atoms with Crippen LogP contribution in [-0.2, 0) is 25.2 Å². The molecule has 15 heteroatoms. The number of likely N-dealkylation sites (tertiary alicyclic amines) is 1. The van der Waals surface area contributed by atoms with Crippen LogP contribution in [0.25, 0.3) is 0 Å². The van der Waals surface area contributed by atoms with Crippen LogP contribution in [-0.4, -0.2) is 106 Å². The summed E-state index contributed by atoms with van der Waals surface area (Å²) in [5, 5.41) is 9.80. The molecule has 1 unspecified atom stereocenters. The van der Waals surface area contributed by atoms with Gasteiger partial charge in [-0.25, -0.2) is 22.6 Å². The van der Waals surface area contributed by atoms with Gasteiger partial charge in [0, 0.05) is 50.0 Å². The van der Waals surface area contributed by atoms with Crippen LogP contribution in [0, 0.1) is 17.1 Å². The number of piperidine rings is 1. The molecule has 0 radical (unpaired) electrons. The Morgan fingerprint density at radius 3 is 2.39 bits per heavy atom. The van der Waals surface area contributed by atoms with Crippen molar-refractivity contribution in [3.63, 3.8) is 0 Å². The molecular formula is C34H37FN6O7S. The predicted molar refractivity (Wildman–Crippen MR) is 175 cm³/mol. The number of nitrogens with zero attached hydrogens (tertiary/aromatic N) is 6. The number of fused-ring (bicyclic) bond motifs is 1. The molecule has 1 atom stereocenters. The highest BCUT2D eigenvalue weighted by molar-refractivity contribution is 7.93. The summed E-state index contributed by atoms with van der Waals surface area (Å²) in [6.07, 6.45) is 2.56. The quantitative estimate of drug-likeness (QED) is 0.343. The van der Waals surface area contributed by atoms with Crippen LogP contribution < -0.4 is 13.8 Å². The topological polar surface area (TPSA) is 146 Å². The fraction of sp³-hybridized carbons (Fsp3) is 0.412. The van der Waals surface area contributed by atoms with Crippen molar-refractivity contribution in [3.8, 4) is 17.7 Å². The van der Waals surface area contributed by atoms with Gasteiger partial charge in [0.05, 0.1) is 35.4 Å². The van der Waals surface area contributed by atoms with Gasteiger partial charge in [-0.05, 0) is 82.4 Å². The van der Waals surface area contributed by atoms with Crippen LogP contribution >= 0.6 is 0 Å². The molecule has 0 aliphatic carbocycles. The van der Waals surface area contributed by atoms with Crippen molar-refractivity contribution in [1.29, 1.82) is 5.26 Å². The summed E-state index contributed by atoms with van der Waals surface area (Å²) >= 11 is 0. The summed E-state index contributed by atoms with van der Waals surface area (Å²) in [4.78, 5) is 39.1. The Morgan fingerprint density at radius 2 is 1.76 bits per heavy atom. The molecule has 258 valence electrons. The maximum Gasteiger partial charge on any atom is 0.411 e. The zero-order chi connectivity index (χ0) is 34.9. The van der Waals surface area contributed by atoms with Gasteiger partial charge in [0.1, 0.15) is 17.6 Å². The first-order valence-electron chi connectivity index (χ1n) is 16.0. The first-order valence-corrected chi connectivity index (χ1v) is 17.5. The fourth-order valence-corrected chi connectivity index (χ4v) is 8.16. The zero-order valence-corrected chi connectivity index (χ0v) is 28.3. The number of hydrogen-bond donors (Lipinski definition) is 0. The Hall–Kier alpha value is -4.78. The molecule has 0 saturated carbocycles. The number of carbonyl (C=O) groups is 2. The van der Waals surface area contributed by atoms with Gasteiger partial charge in [-0.3, -0.25) is 9.69 Å². The van der Waals surface area contributed by atoms with Gasteiger partial charge in [0.25, 0.3) is 21.5 Å². The van der Waals surface area contributed by atoms with E-state index in [9.17, 15) is 23.3 Å². The van der Waals surface area contributed by atoms with Crippen molar-refractivity contribution in [2.75, 3.05) is 64.3 Å². The summed E-state index contributed by atoms with van der Waals surface area (Å²) in [6, 6.07) is 12.2. The van der Waals surface area contributed by atoms with Crippen LogP contribution in [0.15, 0.2) is 59.6 Å². The Bertz CT molecular complexity index is 1890. The average Bonchev–Trinajstić information content (AvgIpc) is 3.35. The second-order valence-electron chi connectivity index (χ2n) is 12.1. The standard InChI is InChI=1S/C34H37FN6O7S/c1-4-47-31-27(6-5-13-37-31)34(48-33(43)40-18-16-39(17-19-40)24-11-14-38(2)15-12-24)28-20-23(22-36)29(35)21-30(28)41(32(34)42)49(44,45)26-9-7-25(46-3)8-10-26/h5-10,13,20-21,24H,4,11-12,14-19H2,1-3H3. The normalized spacial score (nSPS) is 20.5. The highest BCUT2D eigenvalue weighted by Gasteiger charge is 2.61. The molecule has 0 N–H and O–H groups in total. The average molecular weight is 693 g/mol. The smallest absolute Gasteiger partial charge is 0.411 e. The minimum atomic E-state index is -4.75. The number of nitriles is 1. The number of aromatic nitrogens is 1. The molecular weight excluding hydrogens is 655 g/mol. The van der Waals surface area contributed by atoms with E-state index in [-0.39, 0.29) is 28.5 Å². The number of hydrogen-bond acceptors (Lipinski definition) is 11. The van der Waals surface area contributed by atoms with Crippen molar-refractivity contribution >= 4 is 27.7 Å². The third-order valence-electron chi connectivity index (χ3n) is 9.34. The summed E-state index contributed by atoms with van der Waals surface area (Å²) in [5.74, 6) is -2.02. The number of pyridine rings is 1. The molecule has 1 aromatic heterocycles. The van der Waals surface area contributed by atoms with E-state index in [0.717, 1.165) is 38.1 Å². The molecule has 2 fully saturated rings. The number of rotatable bonds is 8. The van der Waals surface area contributed by atoms with Gasteiger partial charge >= 0.3 is 6.09 Å². The van der Waals surface area contributed by atoms with Gasteiger partial charge < -0.3 is 24.0 Å². The molecule has 49 heavy (non-hydrogen) atoms. The number of halogens is 1. The lowest BCUT2D eigenvalue weighted by atomic mass is 9.86. The summed E-state index contributed by atoms with van der Waals surface area (Å²) < 4.78 is 61.4. The fourth-order valence-electron chi connectivity index (χ4n) is 6.71. The minimum Gasteiger partial charge on any atom is -0.497 e. The van der Waals surface area contributed by atoms with E-state index < -0.39 is 44.7 Å². The molecule has 0 spiro atoms. The Kier molecular flexibility index (Phi) is 9.47. The molecule has 2 amide bonds. The lowest BCUT2D eigenvalue weighted by molar-refractivity contribution is -0.132. The van der Waals surface area contributed by atoms with E-state index in [4.69, 9.17) is 14.2 Å². The van der Waals surface area contributed by atoms with E-state index in [1.54, 1.807) is 13.0 Å². The Balaban J connectivity index is 1.45. The lowest BCUT2D eigenvalue weighted by Gasteiger charge is -2.42. The van der Waals surface area contributed by atoms with Gasteiger partial charge in [-0.1, -0.05) is 0 Å². The first kappa shape index (κ1) is 34.1. The van der Waals surface area contributed by atoms with Gasteiger partial charge in [-0.15, -0.1) is 0 Å². The summed E-state index contributed by atoms with van der Waals surface area (Å²) in [5.41, 5.74) is -3.72. The largest absolute Gasteiger partial charge is 0.497 e. The van der Waals surface area contributed by atoms with Crippen molar-refractivity contribution in [2.45, 2.75) is 36.3 Å². The van der Waals surface area contributed by atoms with Crippen LogP contribution in [0.4, 0.5) is 14.9 Å². The predicted octanol–water partition coefficient (Wildman–Crippen LogP) is 3.33. The van der Waals surface area contributed by atoms with Crippen molar-refractivity contribution < 1.29 is 36.6 Å². The first-order chi connectivity index (χ1) is 23.5. The third kappa shape index (κ3) is 6.04. The summed E-state index contributed by atoms with van der Waals surface area (Å²) in [7, 11) is -1.24. The van der Waals surface area contributed by atoms with E-state index in [1.165, 1.54) is 54.6 Å². The second kappa shape index (κ2) is 13.6. The molecule has 6 rings (SSSR count). The van der Waals surface area contributed by atoms with Crippen molar-refractivity contribution in [3.05, 3.63) is 77.2 Å². The van der Waals surface area contributed by atoms with E-state index in [2.05, 4.69) is 21.8 Å². The van der Waals surface area contributed by atoms with Gasteiger partial charge in [0.2, 0.25) is 5.88 Å². The second-order valence-corrected chi connectivity index (χ2v) is 13.9. The SMILES string of the molecule is CCOc1ncccc1C1(OC(=O)N2CCN(C3CCN(C)CC3)CC2)C(=O)N(S(=O)(=O)c2ccc(OC)cc2)c2cc(F)c(C#N)cc21. The molecule has 2 aromatic carbocycles. The van der Waals surface area contributed by atoms with Crippen LogP contribution in [0.1, 0.15) is 36.5 Å². The van der Waals surface area contributed by atoms with Gasteiger partial charge in [-0.2, -0.15) is 9.57 Å². The highest BCUT2D eigenvalue weighted by Crippen LogP contribution is 2.52. The molecule has 13 nitrogen and oxygen atoms in total. The van der Waals surface area contributed by atoms with Crippen LogP contribution in [0.5, 0.6) is 11.6 Å². The number of benzene rings is 2. The minimum absolute atomic E-state index is 0.0793. The Morgan fingerprint density at radius 1 is 1.06 bits per heavy atom. The maximum atomic E-state index is 15.3. The monoisotopic (exact) mass is 692 g/mol. The molecule has 3 aliphatic rings. The summed E-state index contributed by atoms with van der Waals surface area (Å²) in [6.45, 7) is 5.54. The lowest BCUT2D eigenvalue weighted by Crippen LogP contribution is -2.55. The number of sulfonamides is 1. The maximum absolute atomic E-state index is 15.3. The van der Waals surface area contributed by atoms with Crippen LogP contribution in [0.3, 0.4) is 0 Å². The van der Waals surface area contributed by atoms with E-state index in [1.807, 2.05) is 0 Å². The van der Waals surface area contributed by atoms with E-state index in [0.29, 0.717) is 42.3 Å². The zero-order valence-electron chi connectivity index (χ0n) is 27.5. The molecule has 3 aliphatic heterocycles. The van der Waals surface area contributed by atoms with Gasteiger partial charge in [0.15, 0.2) is 0 Å².